The minimum Gasteiger partial charge on any atom is -0.294 e. The molecule has 18 heavy (non-hydrogen) atoms. The molecular formula is C13H11FN2OS. The summed E-state index contributed by atoms with van der Waals surface area (Å²) in [6.45, 7) is 0. The first-order valence-corrected chi connectivity index (χ1v) is 6.57. The molecule has 0 bridgehead atoms. The van der Waals surface area contributed by atoms with E-state index in [1.807, 2.05) is 6.26 Å². The molecular weight excluding hydrogens is 251 g/mol. The van der Waals surface area contributed by atoms with Gasteiger partial charge >= 0.3 is 0 Å². The predicted octanol–water partition coefficient (Wildman–Crippen LogP) is 2.76. The molecule has 2 aromatic rings. The molecule has 0 spiro atoms. The molecule has 0 radical (unpaired) electrons. The Morgan fingerprint density at radius 3 is 2.83 bits per heavy atom. The third kappa shape index (κ3) is 2.92. The van der Waals surface area contributed by atoms with E-state index >= 15 is 0 Å². The van der Waals surface area contributed by atoms with Crippen molar-refractivity contribution < 1.29 is 9.18 Å². The van der Waals surface area contributed by atoms with Gasteiger partial charge in [0, 0.05) is 6.20 Å². The van der Waals surface area contributed by atoms with Gasteiger partial charge in [0.1, 0.15) is 5.82 Å². The van der Waals surface area contributed by atoms with Gasteiger partial charge in [0.2, 0.25) is 0 Å². The van der Waals surface area contributed by atoms with Gasteiger partial charge in [-0.1, -0.05) is 23.9 Å². The number of hydrogen-bond acceptors (Lipinski definition) is 4. The van der Waals surface area contributed by atoms with Crippen LogP contribution in [0.1, 0.15) is 16.1 Å². The molecule has 0 atom stereocenters. The molecule has 0 amide bonds. The number of ketones is 1. The Morgan fingerprint density at radius 1 is 1.33 bits per heavy atom. The fourth-order valence-corrected chi connectivity index (χ4v) is 1.89. The van der Waals surface area contributed by atoms with Crippen molar-refractivity contribution in [3.63, 3.8) is 0 Å². The third-order valence-corrected chi connectivity index (χ3v) is 2.95. The first-order valence-electron chi connectivity index (χ1n) is 5.34. The topological polar surface area (TPSA) is 42.9 Å². The standard InChI is InChI=1S/C13H11FN2OS/c1-18-13-15-7-6-9(16-13)8-12(17)10-4-2-3-5-11(10)14/h2-7H,8H2,1H3. The summed E-state index contributed by atoms with van der Waals surface area (Å²) in [6.07, 6.45) is 3.54. The van der Waals surface area contributed by atoms with Gasteiger partial charge in [-0.25, -0.2) is 14.4 Å². The Labute approximate surface area is 108 Å². The monoisotopic (exact) mass is 262 g/mol. The number of Topliss-reactive ketones (excluding diaryl/α,β-unsaturated/α-hetero) is 1. The van der Waals surface area contributed by atoms with Crippen molar-refractivity contribution in [3.05, 3.63) is 53.6 Å². The number of halogens is 1. The molecule has 0 aliphatic rings. The number of carbonyl (C=O) groups excluding carboxylic acids is 1. The first-order chi connectivity index (χ1) is 8.70. The van der Waals surface area contributed by atoms with Crippen molar-refractivity contribution in [1.29, 1.82) is 0 Å². The van der Waals surface area contributed by atoms with Crippen LogP contribution in [0.4, 0.5) is 4.39 Å². The van der Waals surface area contributed by atoms with Crippen LogP contribution in [0.2, 0.25) is 0 Å². The van der Waals surface area contributed by atoms with Crippen molar-refractivity contribution in [3.8, 4) is 0 Å². The van der Waals surface area contributed by atoms with E-state index in [0.29, 0.717) is 10.9 Å². The lowest BCUT2D eigenvalue weighted by molar-refractivity contribution is 0.0988. The second kappa shape index (κ2) is 5.73. The number of aromatic nitrogens is 2. The van der Waals surface area contributed by atoms with Crippen molar-refractivity contribution in [2.75, 3.05) is 6.26 Å². The van der Waals surface area contributed by atoms with E-state index in [4.69, 9.17) is 0 Å². The highest BCUT2D eigenvalue weighted by Gasteiger charge is 2.12. The lowest BCUT2D eigenvalue weighted by Crippen LogP contribution is -2.07. The second-order valence-electron chi connectivity index (χ2n) is 3.61. The molecule has 3 nitrogen and oxygen atoms in total. The van der Waals surface area contributed by atoms with Gasteiger partial charge in [-0.05, 0) is 24.5 Å². The zero-order valence-electron chi connectivity index (χ0n) is 9.76. The van der Waals surface area contributed by atoms with Crippen molar-refractivity contribution in [1.82, 2.24) is 9.97 Å². The maximum atomic E-state index is 13.4. The van der Waals surface area contributed by atoms with Crippen molar-refractivity contribution >= 4 is 17.5 Å². The molecule has 2 rings (SSSR count). The SMILES string of the molecule is CSc1nccc(CC(=O)c2ccccc2F)n1. The van der Waals surface area contributed by atoms with Gasteiger partial charge in [-0.15, -0.1) is 0 Å². The number of rotatable bonds is 4. The maximum Gasteiger partial charge on any atom is 0.187 e. The Hall–Kier alpha value is -1.75. The highest BCUT2D eigenvalue weighted by Crippen LogP contribution is 2.12. The Balaban J connectivity index is 2.19. The first kappa shape index (κ1) is 12.7. The van der Waals surface area contributed by atoms with Crippen molar-refractivity contribution in [2.24, 2.45) is 0 Å². The number of benzene rings is 1. The van der Waals surface area contributed by atoms with Crippen LogP contribution in [-0.2, 0) is 6.42 Å². The van der Waals surface area contributed by atoms with E-state index in [0.717, 1.165) is 0 Å². The average molecular weight is 262 g/mol. The van der Waals surface area contributed by atoms with Crippen LogP contribution in [0.3, 0.4) is 0 Å². The molecule has 1 aromatic heterocycles. The minimum atomic E-state index is -0.498. The minimum absolute atomic E-state index is 0.0804. The van der Waals surface area contributed by atoms with Crippen molar-refractivity contribution in [2.45, 2.75) is 11.6 Å². The van der Waals surface area contributed by atoms with E-state index < -0.39 is 5.82 Å². The second-order valence-corrected chi connectivity index (χ2v) is 4.39. The Kier molecular flexibility index (Phi) is 4.04. The molecule has 5 heteroatoms. The summed E-state index contributed by atoms with van der Waals surface area (Å²) in [5, 5.41) is 0.605. The van der Waals surface area contributed by atoms with E-state index in [1.54, 1.807) is 24.4 Å². The van der Waals surface area contributed by atoms with Crippen LogP contribution in [0.15, 0.2) is 41.7 Å². The third-order valence-electron chi connectivity index (χ3n) is 2.39. The van der Waals surface area contributed by atoms with Gasteiger partial charge in [-0.2, -0.15) is 0 Å². The van der Waals surface area contributed by atoms with Crippen LogP contribution >= 0.6 is 11.8 Å². The summed E-state index contributed by atoms with van der Waals surface area (Å²) in [7, 11) is 0. The lowest BCUT2D eigenvalue weighted by Gasteiger charge is -2.03. The molecule has 0 N–H and O–H groups in total. The summed E-state index contributed by atoms with van der Waals surface area (Å²) in [4.78, 5) is 20.1. The van der Waals surface area contributed by atoms with Gasteiger partial charge in [-0.3, -0.25) is 4.79 Å². The van der Waals surface area contributed by atoms with Crippen LogP contribution in [0, 0.1) is 5.82 Å². The summed E-state index contributed by atoms with van der Waals surface area (Å²) in [5.41, 5.74) is 0.699. The predicted molar refractivity (Wildman–Crippen MR) is 68.2 cm³/mol. The number of hydrogen-bond donors (Lipinski definition) is 0. The van der Waals surface area contributed by atoms with E-state index in [-0.39, 0.29) is 17.8 Å². The molecule has 92 valence electrons. The number of thioether (sulfide) groups is 1. The molecule has 0 fully saturated rings. The molecule has 0 saturated heterocycles. The fraction of sp³-hybridized carbons (Fsp3) is 0.154. The van der Waals surface area contributed by atoms with Gasteiger partial charge in [0.15, 0.2) is 10.9 Å². The van der Waals surface area contributed by atoms with Crippen LogP contribution in [-0.4, -0.2) is 22.0 Å². The summed E-state index contributed by atoms with van der Waals surface area (Å²) < 4.78 is 13.4. The van der Waals surface area contributed by atoms with E-state index in [2.05, 4.69) is 9.97 Å². The van der Waals surface area contributed by atoms with Crippen LogP contribution in [0.25, 0.3) is 0 Å². The largest absolute Gasteiger partial charge is 0.294 e. The van der Waals surface area contributed by atoms with Crippen LogP contribution < -0.4 is 0 Å². The van der Waals surface area contributed by atoms with E-state index in [9.17, 15) is 9.18 Å². The smallest absolute Gasteiger partial charge is 0.187 e. The molecule has 1 heterocycles. The van der Waals surface area contributed by atoms with Gasteiger partial charge in [0.05, 0.1) is 17.7 Å². The number of carbonyl (C=O) groups is 1. The molecule has 0 saturated carbocycles. The average Bonchev–Trinajstić information content (AvgIpc) is 2.39. The Bertz CT molecular complexity index is 574. The molecule has 0 aliphatic heterocycles. The summed E-state index contributed by atoms with van der Waals surface area (Å²) in [5.74, 6) is -0.777. The molecule has 0 unspecified atom stereocenters. The molecule has 1 aromatic carbocycles. The van der Waals surface area contributed by atoms with Crippen LogP contribution in [0.5, 0.6) is 0 Å². The quantitative estimate of drug-likeness (QED) is 0.483. The van der Waals surface area contributed by atoms with Gasteiger partial charge in [0.25, 0.3) is 0 Å². The maximum absolute atomic E-state index is 13.4. The van der Waals surface area contributed by atoms with Gasteiger partial charge < -0.3 is 0 Å². The Morgan fingerprint density at radius 2 is 2.11 bits per heavy atom. The highest BCUT2D eigenvalue weighted by atomic mass is 32.2. The zero-order valence-corrected chi connectivity index (χ0v) is 10.6. The molecule has 0 aliphatic carbocycles. The summed E-state index contributed by atoms with van der Waals surface area (Å²) >= 11 is 1.40. The highest BCUT2D eigenvalue weighted by molar-refractivity contribution is 7.98. The number of nitrogens with zero attached hydrogens (tertiary/aromatic N) is 2. The zero-order chi connectivity index (χ0) is 13.0. The van der Waals surface area contributed by atoms with E-state index in [1.165, 1.54) is 23.9 Å². The lowest BCUT2D eigenvalue weighted by atomic mass is 10.1. The fourth-order valence-electron chi connectivity index (χ4n) is 1.52. The normalized spacial score (nSPS) is 10.3. The summed E-state index contributed by atoms with van der Waals surface area (Å²) in [6, 6.07) is 7.62.